The third-order valence-corrected chi connectivity index (χ3v) is 7.60. The molecule has 5 aromatic rings. The summed E-state index contributed by atoms with van der Waals surface area (Å²) in [6.45, 7) is 0. The van der Waals surface area contributed by atoms with Gasteiger partial charge < -0.3 is 10.4 Å². The van der Waals surface area contributed by atoms with Crippen LogP contribution in [0.2, 0.25) is 0 Å². The number of benzene rings is 4. The average molecular weight is 606 g/mol. The van der Waals surface area contributed by atoms with E-state index in [4.69, 9.17) is 4.99 Å². The molecule has 1 aromatic heterocycles. The molecule has 1 amide bonds. The van der Waals surface area contributed by atoms with Gasteiger partial charge in [-0.1, -0.05) is 140 Å². The Morgan fingerprint density at radius 1 is 0.717 bits per heavy atom. The minimum absolute atomic E-state index is 0.222. The molecule has 5 rings (SSSR count). The van der Waals surface area contributed by atoms with E-state index in [-0.39, 0.29) is 24.4 Å². The highest BCUT2D eigenvalue weighted by atomic mass is 16.4. The number of pyridine rings is 1. The lowest BCUT2D eigenvalue weighted by Gasteiger charge is -2.25. The largest absolute Gasteiger partial charge is 0.481 e. The lowest BCUT2D eigenvalue weighted by atomic mass is 9.81. The van der Waals surface area contributed by atoms with Gasteiger partial charge >= 0.3 is 5.97 Å². The maximum Gasteiger partial charge on any atom is 0.315 e. The molecular weight excluding hydrogens is 570 g/mol. The second-order valence-electron chi connectivity index (χ2n) is 10.8. The minimum Gasteiger partial charge on any atom is -0.481 e. The SMILES string of the molecule is O=C(Nc1ccccc1C(N=CC(C/C=C/c1ccccc1)(C/C=C/c1ccccc1)C(=O)O)c1ccccc1)c1ccccn1. The molecule has 0 aliphatic heterocycles. The molecule has 0 saturated carbocycles. The monoisotopic (exact) mass is 605 g/mol. The van der Waals surface area contributed by atoms with Gasteiger partial charge in [-0.3, -0.25) is 19.6 Å². The lowest BCUT2D eigenvalue weighted by molar-refractivity contribution is -0.144. The molecular formula is C40H35N3O3. The highest BCUT2D eigenvalue weighted by Gasteiger charge is 2.35. The van der Waals surface area contributed by atoms with Gasteiger partial charge in [-0.05, 0) is 47.7 Å². The van der Waals surface area contributed by atoms with Crippen LogP contribution in [0.4, 0.5) is 5.69 Å². The molecule has 0 fully saturated rings. The summed E-state index contributed by atoms with van der Waals surface area (Å²) in [7, 11) is 0. The predicted octanol–water partition coefficient (Wildman–Crippen LogP) is 8.77. The number of aromatic nitrogens is 1. The van der Waals surface area contributed by atoms with Gasteiger partial charge in [0.1, 0.15) is 17.2 Å². The van der Waals surface area contributed by atoms with Crippen molar-refractivity contribution in [1.82, 2.24) is 4.98 Å². The smallest absolute Gasteiger partial charge is 0.315 e. The number of carboxylic acids is 1. The lowest BCUT2D eigenvalue weighted by Crippen LogP contribution is -2.32. The van der Waals surface area contributed by atoms with E-state index in [1.54, 1.807) is 30.6 Å². The van der Waals surface area contributed by atoms with E-state index in [0.29, 0.717) is 5.69 Å². The Morgan fingerprint density at radius 3 is 1.83 bits per heavy atom. The van der Waals surface area contributed by atoms with Crippen LogP contribution < -0.4 is 5.32 Å². The Bertz CT molecular complexity index is 1750. The molecule has 0 spiro atoms. The molecule has 1 heterocycles. The van der Waals surface area contributed by atoms with Crippen molar-refractivity contribution in [3.8, 4) is 0 Å². The Kier molecular flexibility index (Phi) is 10.8. The van der Waals surface area contributed by atoms with Crippen LogP contribution in [-0.4, -0.2) is 28.2 Å². The Balaban J connectivity index is 1.53. The van der Waals surface area contributed by atoms with E-state index < -0.39 is 17.4 Å². The predicted molar refractivity (Wildman–Crippen MR) is 186 cm³/mol. The van der Waals surface area contributed by atoms with Gasteiger partial charge in [0.15, 0.2) is 0 Å². The molecule has 0 aliphatic rings. The van der Waals surface area contributed by atoms with Gasteiger partial charge in [-0.15, -0.1) is 0 Å². The van der Waals surface area contributed by atoms with E-state index in [0.717, 1.165) is 22.3 Å². The number of rotatable bonds is 13. The summed E-state index contributed by atoms with van der Waals surface area (Å²) >= 11 is 0. The van der Waals surface area contributed by atoms with Gasteiger partial charge in [0.2, 0.25) is 0 Å². The standard InChI is InChI=1S/C40H35N3O3/c44-38(36-26-12-13-29-41-36)43-35-25-11-10-24-34(35)37(33-22-8-3-9-23-33)42-30-40(39(45)46,27-14-20-31-16-4-1-5-17-31)28-15-21-32-18-6-2-7-19-32/h1-26,29-30,37H,27-28H2,(H,43,44)(H,45,46)/b20-14+,21-15+,42-30?. The molecule has 0 bridgehead atoms. The van der Waals surface area contributed by atoms with Crippen molar-refractivity contribution in [3.63, 3.8) is 0 Å². The number of aliphatic imine (C=N–C) groups is 1. The van der Waals surface area contributed by atoms with Crippen molar-refractivity contribution in [2.45, 2.75) is 18.9 Å². The highest BCUT2D eigenvalue weighted by Crippen LogP contribution is 2.34. The molecule has 1 atom stereocenters. The first kappa shape index (κ1) is 31.5. The van der Waals surface area contributed by atoms with Crippen molar-refractivity contribution in [2.75, 3.05) is 5.32 Å². The number of amides is 1. The summed E-state index contributed by atoms with van der Waals surface area (Å²) in [5.41, 5.74) is 3.08. The number of aliphatic carboxylic acids is 1. The van der Waals surface area contributed by atoms with Crippen molar-refractivity contribution in [2.24, 2.45) is 10.4 Å². The molecule has 0 radical (unpaired) electrons. The summed E-state index contributed by atoms with van der Waals surface area (Å²) in [4.78, 5) is 35.4. The number of para-hydroxylation sites is 1. The quantitative estimate of drug-likeness (QED) is 0.131. The number of nitrogens with one attached hydrogen (secondary N) is 1. The molecule has 4 aromatic carbocycles. The first-order valence-electron chi connectivity index (χ1n) is 15.1. The van der Waals surface area contributed by atoms with Crippen molar-refractivity contribution in [3.05, 3.63) is 180 Å². The molecule has 6 heteroatoms. The Morgan fingerprint density at radius 2 is 1.26 bits per heavy atom. The third-order valence-electron chi connectivity index (χ3n) is 7.60. The fraction of sp³-hybridized carbons (Fsp3) is 0.100. The number of anilines is 1. The van der Waals surface area contributed by atoms with E-state index in [9.17, 15) is 14.7 Å². The minimum atomic E-state index is -1.34. The summed E-state index contributed by atoms with van der Waals surface area (Å²) in [6.07, 6.45) is 11.2. The van der Waals surface area contributed by atoms with Crippen LogP contribution in [-0.2, 0) is 4.79 Å². The Hall–Kier alpha value is -5.88. The summed E-state index contributed by atoms with van der Waals surface area (Å²) in [5, 5.41) is 13.7. The van der Waals surface area contributed by atoms with Crippen LogP contribution in [0.3, 0.4) is 0 Å². The van der Waals surface area contributed by atoms with Gasteiger partial charge in [-0.25, -0.2) is 0 Å². The first-order valence-corrected chi connectivity index (χ1v) is 15.1. The molecule has 46 heavy (non-hydrogen) atoms. The van der Waals surface area contributed by atoms with E-state index >= 15 is 0 Å². The molecule has 2 N–H and O–H groups in total. The van der Waals surface area contributed by atoms with E-state index in [1.165, 1.54) is 0 Å². The number of carbonyl (C=O) groups is 2. The number of carboxylic acid groups (broad SMARTS) is 1. The zero-order valence-corrected chi connectivity index (χ0v) is 25.3. The molecule has 0 saturated heterocycles. The van der Waals surface area contributed by atoms with Crippen molar-refractivity contribution in [1.29, 1.82) is 0 Å². The molecule has 0 aliphatic carbocycles. The van der Waals surface area contributed by atoms with Gasteiger partial charge in [0, 0.05) is 23.7 Å². The number of nitrogens with zero attached hydrogens (tertiary/aromatic N) is 2. The third kappa shape index (κ3) is 8.39. The zero-order chi connectivity index (χ0) is 32.0. The highest BCUT2D eigenvalue weighted by molar-refractivity contribution is 6.03. The number of hydrogen-bond donors (Lipinski definition) is 2. The fourth-order valence-electron chi connectivity index (χ4n) is 5.09. The van der Waals surface area contributed by atoms with Crippen LogP contribution >= 0.6 is 0 Å². The maximum absolute atomic E-state index is 13.1. The second kappa shape index (κ2) is 15.7. The number of allylic oxidation sites excluding steroid dienone is 2. The number of hydrogen-bond acceptors (Lipinski definition) is 4. The number of carbonyl (C=O) groups excluding carboxylic acids is 1. The van der Waals surface area contributed by atoms with Gasteiger partial charge in [-0.2, -0.15) is 0 Å². The molecule has 228 valence electrons. The fourth-order valence-corrected chi connectivity index (χ4v) is 5.09. The van der Waals surface area contributed by atoms with Crippen LogP contribution in [0.15, 0.2) is 157 Å². The van der Waals surface area contributed by atoms with E-state index in [2.05, 4.69) is 10.3 Å². The van der Waals surface area contributed by atoms with Crippen LogP contribution in [0.5, 0.6) is 0 Å². The van der Waals surface area contributed by atoms with Crippen LogP contribution in [0, 0.1) is 5.41 Å². The van der Waals surface area contributed by atoms with Crippen molar-refractivity contribution < 1.29 is 14.7 Å². The summed E-state index contributed by atoms with van der Waals surface area (Å²) in [6, 6.07) is 41.3. The Labute approximate surface area is 269 Å². The molecule has 6 nitrogen and oxygen atoms in total. The van der Waals surface area contributed by atoms with Crippen molar-refractivity contribution >= 4 is 35.9 Å². The zero-order valence-electron chi connectivity index (χ0n) is 25.3. The van der Waals surface area contributed by atoms with Gasteiger partial charge in [0.05, 0.1) is 0 Å². The molecule has 1 unspecified atom stereocenters. The van der Waals surface area contributed by atoms with Crippen LogP contribution in [0.25, 0.3) is 12.2 Å². The first-order chi connectivity index (χ1) is 22.5. The maximum atomic E-state index is 13.1. The topological polar surface area (TPSA) is 91.7 Å². The average Bonchev–Trinajstić information content (AvgIpc) is 3.10. The van der Waals surface area contributed by atoms with E-state index in [1.807, 2.05) is 140 Å². The van der Waals surface area contributed by atoms with Crippen LogP contribution in [0.1, 0.15) is 51.6 Å². The summed E-state index contributed by atoms with van der Waals surface area (Å²) < 4.78 is 0. The normalized spacial score (nSPS) is 12.4. The van der Waals surface area contributed by atoms with Gasteiger partial charge in [0.25, 0.3) is 5.91 Å². The summed E-state index contributed by atoms with van der Waals surface area (Å²) in [5.74, 6) is -1.32. The second-order valence-corrected chi connectivity index (χ2v) is 10.8.